The largest absolute Gasteiger partial charge is 0.326 e. The second kappa shape index (κ2) is 7.88. The lowest BCUT2D eigenvalue weighted by Crippen LogP contribution is -3.08. The molecule has 0 spiro atoms. The predicted molar refractivity (Wildman–Crippen MR) is 91.0 cm³/mol. The van der Waals surface area contributed by atoms with Crippen LogP contribution in [-0.4, -0.2) is 19.5 Å². The molecule has 122 valence electrons. The maximum atomic E-state index is 13.2. The van der Waals surface area contributed by atoms with Gasteiger partial charge in [-0.05, 0) is 35.7 Å². The van der Waals surface area contributed by atoms with E-state index in [0.29, 0.717) is 19.0 Å². The number of hydrogen-bond donors (Lipinski definition) is 2. The van der Waals surface area contributed by atoms with Gasteiger partial charge in [-0.25, -0.2) is 4.39 Å². The van der Waals surface area contributed by atoms with Gasteiger partial charge in [-0.15, -0.1) is 0 Å². The molecule has 2 N–H and O–H groups in total. The van der Waals surface area contributed by atoms with Crippen LogP contribution in [-0.2, 0) is 11.3 Å². The van der Waals surface area contributed by atoms with Crippen molar-refractivity contribution in [3.8, 4) is 0 Å². The van der Waals surface area contributed by atoms with E-state index in [2.05, 4.69) is 19.2 Å². The molecule has 0 aliphatic heterocycles. The third-order valence-corrected chi connectivity index (χ3v) is 3.72. The number of amides is 1. The average molecular weight is 315 g/mol. The number of anilines is 1. The van der Waals surface area contributed by atoms with Gasteiger partial charge in [0.25, 0.3) is 5.91 Å². The molecule has 0 aromatic heterocycles. The van der Waals surface area contributed by atoms with Crippen LogP contribution in [0, 0.1) is 5.82 Å². The second-order valence-electron chi connectivity index (χ2n) is 6.27. The lowest BCUT2D eigenvalue weighted by atomic mass is 10.0. The van der Waals surface area contributed by atoms with E-state index in [-0.39, 0.29) is 11.7 Å². The van der Waals surface area contributed by atoms with Gasteiger partial charge in [0.05, 0.1) is 7.05 Å². The van der Waals surface area contributed by atoms with E-state index in [1.165, 1.54) is 17.7 Å². The molecule has 23 heavy (non-hydrogen) atoms. The number of rotatable bonds is 6. The van der Waals surface area contributed by atoms with E-state index >= 15 is 0 Å². The van der Waals surface area contributed by atoms with Crippen LogP contribution < -0.4 is 10.2 Å². The van der Waals surface area contributed by atoms with Gasteiger partial charge < -0.3 is 10.2 Å². The Morgan fingerprint density at radius 2 is 1.87 bits per heavy atom. The first-order valence-electron chi connectivity index (χ1n) is 7.89. The minimum absolute atomic E-state index is 0.0452. The number of carbonyl (C=O) groups is 1. The van der Waals surface area contributed by atoms with E-state index < -0.39 is 0 Å². The van der Waals surface area contributed by atoms with Crippen molar-refractivity contribution >= 4 is 11.6 Å². The van der Waals surface area contributed by atoms with Crippen LogP contribution in [0.1, 0.15) is 30.9 Å². The maximum absolute atomic E-state index is 13.2. The first-order valence-corrected chi connectivity index (χ1v) is 7.89. The first-order chi connectivity index (χ1) is 10.9. The Morgan fingerprint density at radius 1 is 1.17 bits per heavy atom. The third kappa shape index (κ3) is 5.49. The zero-order valence-corrected chi connectivity index (χ0v) is 13.9. The highest BCUT2D eigenvalue weighted by atomic mass is 19.1. The Hall–Kier alpha value is -2.20. The van der Waals surface area contributed by atoms with Crippen LogP contribution in [0.2, 0.25) is 0 Å². The molecule has 3 nitrogen and oxygen atoms in total. The van der Waals surface area contributed by atoms with Gasteiger partial charge in [-0.2, -0.15) is 0 Å². The summed E-state index contributed by atoms with van der Waals surface area (Å²) in [5.41, 5.74) is 2.94. The number of nitrogens with one attached hydrogen (secondary N) is 2. The highest BCUT2D eigenvalue weighted by Gasteiger charge is 2.11. The molecule has 4 heteroatoms. The Balaban J connectivity index is 1.86. The molecule has 0 radical (unpaired) electrons. The minimum atomic E-state index is -0.245. The number of hydrogen-bond acceptors (Lipinski definition) is 1. The fourth-order valence-corrected chi connectivity index (χ4v) is 2.49. The molecular weight excluding hydrogens is 291 g/mol. The summed E-state index contributed by atoms with van der Waals surface area (Å²) in [6.07, 6.45) is 0. The third-order valence-electron chi connectivity index (χ3n) is 3.72. The Bertz CT molecular complexity index is 653. The molecule has 0 aliphatic carbocycles. The summed E-state index contributed by atoms with van der Waals surface area (Å²) in [5, 5.41) is 2.90. The van der Waals surface area contributed by atoms with Gasteiger partial charge in [0.15, 0.2) is 6.54 Å². The monoisotopic (exact) mass is 315 g/mol. The number of benzene rings is 2. The first kappa shape index (κ1) is 17.2. The SMILES string of the molecule is CC(C)c1ccc(NC(=O)C[NH+](C)Cc2cccc(F)c2)cc1. The van der Waals surface area contributed by atoms with Crippen molar-refractivity contribution in [3.63, 3.8) is 0 Å². The van der Waals surface area contributed by atoms with E-state index in [1.807, 2.05) is 37.4 Å². The standard InChI is InChI=1S/C19H23FN2O/c1-14(2)16-7-9-18(10-8-16)21-19(23)13-22(3)12-15-5-4-6-17(20)11-15/h4-11,14H,12-13H2,1-3H3,(H,21,23)/p+1. The number of halogens is 1. The summed E-state index contributed by atoms with van der Waals surface area (Å²) in [7, 11) is 1.92. The molecule has 0 bridgehead atoms. The molecule has 2 rings (SSSR count). The molecule has 2 aromatic carbocycles. The molecule has 1 amide bonds. The Morgan fingerprint density at radius 3 is 2.48 bits per heavy atom. The molecule has 0 aliphatic rings. The zero-order chi connectivity index (χ0) is 16.8. The molecule has 2 aromatic rings. The summed E-state index contributed by atoms with van der Waals surface area (Å²) in [6.45, 7) is 5.22. The normalized spacial score (nSPS) is 12.2. The molecule has 0 saturated carbocycles. The predicted octanol–water partition coefficient (Wildman–Crippen LogP) is 2.60. The summed E-state index contributed by atoms with van der Waals surface area (Å²) in [4.78, 5) is 13.1. The fraction of sp³-hybridized carbons (Fsp3) is 0.316. The Labute approximate surface area is 137 Å². The molecule has 1 atom stereocenters. The lowest BCUT2D eigenvalue weighted by molar-refractivity contribution is -0.885. The van der Waals surface area contributed by atoms with Crippen molar-refractivity contribution in [1.82, 2.24) is 0 Å². The van der Waals surface area contributed by atoms with Crippen LogP contribution in [0.15, 0.2) is 48.5 Å². The van der Waals surface area contributed by atoms with Gasteiger partial charge in [-0.1, -0.05) is 38.1 Å². The molecule has 0 fully saturated rings. The van der Waals surface area contributed by atoms with E-state index in [0.717, 1.165) is 16.2 Å². The summed E-state index contributed by atoms with van der Waals surface area (Å²) in [5.74, 6) is 0.183. The molecular formula is C19H24FN2O+. The van der Waals surface area contributed by atoms with Gasteiger partial charge in [0.1, 0.15) is 12.4 Å². The quantitative estimate of drug-likeness (QED) is 0.844. The summed E-state index contributed by atoms with van der Waals surface area (Å²) >= 11 is 0. The van der Waals surface area contributed by atoms with Crippen molar-refractivity contribution in [2.75, 3.05) is 18.9 Å². The van der Waals surface area contributed by atoms with Gasteiger partial charge in [-0.3, -0.25) is 4.79 Å². The van der Waals surface area contributed by atoms with Crippen molar-refractivity contribution in [2.24, 2.45) is 0 Å². The average Bonchev–Trinajstić information content (AvgIpc) is 2.47. The van der Waals surface area contributed by atoms with E-state index in [1.54, 1.807) is 6.07 Å². The molecule has 1 unspecified atom stereocenters. The minimum Gasteiger partial charge on any atom is -0.326 e. The van der Waals surface area contributed by atoms with Crippen LogP contribution in [0.25, 0.3) is 0 Å². The lowest BCUT2D eigenvalue weighted by Gasteiger charge is -2.14. The van der Waals surface area contributed by atoms with Crippen LogP contribution in [0.4, 0.5) is 10.1 Å². The fourth-order valence-electron chi connectivity index (χ4n) is 2.49. The van der Waals surface area contributed by atoms with Gasteiger partial charge >= 0.3 is 0 Å². The number of likely N-dealkylation sites (N-methyl/N-ethyl adjacent to an activating group) is 1. The van der Waals surface area contributed by atoms with Crippen molar-refractivity contribution in [3.05, 3.63) is 65.5 Å². The molecule has 0 saturated heterocycles. The number of carbonyl (C=O) groups excluding carboxylic acids is 1. The summed E-state index contributed by atoms with van der Waals surface area (Å²) in [6, 6.07) is 14.4. The van der Waals surface area contributed by atoms with Crippen molar-refractivity contribution < 1.29 is 14.1 Å². The second-order valence-corrected chi connectivity index (χ2v) is 6.27. The van der Waals surface area contributed by atoms with E-state index in [4.69, 9.17) is 0 Å². The van der Waals surface area contributed by atoms with Crippen LogP contribution >= 0.6 is 0 Å². The van der Waals surface area contributed by atoms with Gasteiger partial charge in [0, 0.05) is 11.3 Å². The van der Waals surface area contributed by atoms with Crippen LogP contribution in [0.5, 0.6) is 0 Å². The van der Waals surface area contributed by atoms with Crippen molar-refractivity contribution in [2.45, 2.75) is 26.3 Å². The van der Waals surface area contributed by atoms with Gasteiger partial charge in [0.2, 0.25) is 0 Å². The topological polar surface area (TPSA) is 33.5 Å². The van der Waals surface area contributed by atoms with E-state index in [9.17, 15) is 9.18 Å². The zero-order valence-electron chi connectivity index (χ0n) is 13.9. The summed E-state index contributed by atoms with van der Waals surface area (Å²) < 4.78 is 13.2. The number of quaternary nitrogens is 1. The molecule has 0 heterocycles. The highest BCUT2D eigenvalue weighted by molar-refractivity contribution is 5.91. The van der Waals surface area contributed by atoms with Crippen LogP contribution in [0.3, 0.4) is 0 Å². The Kier molecular flexibility index (Phi) is 5.88. The highest BCUT2D eigenvalue weighted by Crippen LogP contribution is 2.16. The van der Waals surface area contributed by atoms with Crippen molar-refractivity contribution in [1.29, 1.82) is 0 Å². The maximum Gasteiger partial charge on any atom is 0.279 e. The smallest absolute Gasteiger partial charge is 0.279 e.